The molecule has 0 bridgehead atoms. The average Bonchev–Trinajstić information content (AvgIpc) is 3.38. The summed E-state index contributed by atoms with van der Waals surface area (Å²) in [5, 5.41) is 12.4. The molecule has 7 heteroatoms. The van der Waals surface area contributed by atoms with Gasteiger partial charge in [-0.2, -0.15) is 0 Å². The molecule has 36 heavy (non-hydrogen) atoms. The fraction of sp³-hybridized carbons (Fsp3) is 0.103. The molecule has 0 spiro atoms. The minimum atomic E-state index is -0.612. The van der Waals surface area contributed by atoms with Crippen LogP contribution in [0.25, 0.3) is 17.0 Å². The molecule has 4 aromatic rings. The number of aliphatic imine (C=N–C) groups is 1. The van der Waals surface area contributed by atoms with E-state index in [1.54, 1.807) is 19.1 Å². The predicted molar refractivity (Wildman–Crippen MR) is 143 cm³/mol. The van der Waals surface area contributed by atoms with Gasteiger partial charge in [0.1, 0.15) is 22.2 Å². The van der Waals surface area contributed by atoms with Crippen molar-refractivity contribution in [1.29, 1.82) is 0 Å². The van der Waals surface area contributed by atoms with Crippen molar-refractivity contribution in [3.63, 3.8) is 0 Å². The zero-order valence-corrected chi connectivity index (χ0v) is 20.3. The number of carbonyl (C=O) groups excluding carboxylic acids is 1. The lowest BCUT2D eigenvalue weighted by Crippen LogP contribution is -2.12. The molecule has 5 nitrogen and oxygen atoms in total. The van der Waals surface area contributed by atoms with Gasteiger partial charge in [-0.1, -0.05) is 60.3 Å². The molecule has 1 N–H and O–H groups in total. The first-order valence-corrected chi connectivity index (χ1v) is 12.3. The van der Waals surface area contributed by atoms with Crippen LogP contribution in [-0.4, -0.2) is 27.3 Å². The Labute approximate surface area is 212 Å². The van der Waals surface area contributed by atoms with Crippen LogP contribution in [0.5, 0.6) is 0 Å². The van der Waals surface area contributed by atoms with Gasteiger partial charge in [-0.15, -0.1) is 0 Å². The Morgan fingerprint density at radius 3 is 2.53 bits per heavy atom. The number of benzene rings is 3. The third-order valence-electron chi connectivity index (χ3n) is 5.73. The van der Waals surface area contributed by atoms with Crippen molar-refractivity contribution in [1.82, 2.24) is 4.57 Å². The zero-order valence-electron chi connectivity index (χ0n) is 19.5. The van der Waals surface area contributed by atoms with Crippen molar-refractivity contribution in [2.24, 2.45) is 4.99 Å². The maximum atomic E-state index is 13.4. The summed E-state index contributed by atoms with van der Waals surface area (Å²) in [5.74, 6) is -1.03. The van der Waals surface area contributed by atoms with Crippen LogP contribution in [0, 0.1) is 5.82 Å². The van der Waals surface area contributed by atoms with Gasteiger partial charge in [-0.05, 0) is 48.9 Å². The number of rotatable bonds is 6. The van der Waals surface area contributed by atoms with E-state index in [9.17, 15) is 14.3 Å². The van der Waals surface area contributed by atoms with Gasteiger partial charge < -0.3 is 14.4 Å². The number of aromatic nitrogens is 1. The fourth-order valence-electron chi connectivity index (χ4n) is 4.06. The molecular weight excluding hydrogens is 475 g/mol. The van der Waals surface area contributed by atoms with Crippen LogP contribution in [0.1, 0.15) is 18.1 Å². The van der Waals surface area contributed by atoms with Crippen LogP contribution in [0.2, 0.25) is 0 Å². The molecule has 1 aliphatic rings. The van der Waals surface area contributed by atoms with Gasteiger partial charge in [0.2, 0.25) is 0 Å². The summed E-state index contributed by atoms with van der Waals surface area (Å²) in [6, 6.07) is 23.6. The highest BCUT2D eigenvalue weighted by atomic mass is 32.2. The van der Waals surface area contributed by atoms with Crippen molar-refractivity contribution in [3.05, 3.63) is 118 Å². The second-order valence-electron chi connectivity index (χ2n) is 8.16. The quantitative estimate of drug-likeness (QED) is 0.290. The Kier molecular flexibility index (Phi) is 6.73. The SMILES string of the molecule is CCOC(=O)C1=C(O)/C(=C/c2cn(Cc3ccc(F)cc3)c3ccccc23)SC1=Nc1ccccc1. The van der Waals surface area contributed by atoms with Crippen LogP contribution in [0.4, 0.5) is 10.1 Å². The Hall–Kier alpha value is -4.10. The van der Waals surface area contributed by atoms with Gasteiger partial charge in [0.25, 0.3) is 0 Å². The predicted octanol–water partition coefficient (Wildman–Crippen LogP) is 7.02. The molecule has 0 amide bonds. The summed E-state index contributed by atoms with van der Waals surface area (Å²) in [6.45, 7) is 2.47. The molecule has 3 aromatic carbocycles. The first-order chi connectivity index (χ1) is 17.5. The highest BCUT2D eigenvalue weighted by Gasteiger charge is 2.33. The van der Waals surface area contributed by atoms with Crippen LogP contribution in [0.3, 0.4) is 0 Å². The Bertz CT molecular complexity index is 1520. The molecule has 0 atom stereocenters. The monoisotopic (exact) mass is 498 g/mol. The first kappa shape index (κ1) is 23.6. The summed E-state index contributed by atoms with van der Waals surface area (Å²) in [5.41, 5.74) is 3.59. The van der Waals surface area contributed by atoms with E-state index in [1.807, 2.05) is 66.9 Å². The Morgan fingerprint density at radius 2 is 1.78 bits per heavy atom. The molecule has 1 aliphatic heterocycles. The van der Waals surface area contributed by atoms with Crippen molar-refractivity contribution < 1.29 is 19.0 Å². The van der Waals surface area contributed by atoms with Crippen LogP contribution in [-0.2, 0) is 16.1 Å². The molecule has 0 radical (unpaired) electrons. The van der Waals surface area contributed by atoms with E-state index in [0.717, 1.165) is 22.0 Å². The lowest BCUT2D eigenvalue weighted by atomic mass is 10.1. The average molecular weight is 499 g/mol. The smallest absolute Gasteiger partial charge is 0.344 e. The number of aliphatic hydroxyl groups excluding tert-OH is 1. The van der Waals surface area contributed by atoms with E-state index in [1.165, 1.54) is 23.9 Å². The van der Waals surface area contributed by atoms with Gasteiger partial charge in [0.15, 0.2) is 0 Å². The maximum Gasteiger partial charge on any atom is 0.344 e. The van der Waals surface area contributed by atoms with Gasteiger partial charge in [0, 0.05) is 29.2 Å². The lowest BCUT2D eigenvalue weighted by Gasteiger charge is -2.05. The number of halogens is 1. The standard InChI is InChI=1S/C29H23FN2O3S/c1-2-35-29(34)26-27(33)25(36-28(26)31-22-8-4-3-5-9-22)16-20-18-32(24-11-7-6-10-23(20)24)17-19-12-14-21(30)15-13-19/h3-16,18,33H,2,17H2,1H3/b25-16-,31-28?. The molecule has 0 saturated heterocycles. The second-order valence-corrected chi connectivity index (χ2v) is 9.19. The molecule has 0 fully saturated rings. The van der Waals surface area contributed by atoms with Gasteiger partial charge in [-0.3, -0.25) is 0 Å². The second kappa shape index (κ2) is 10.3. The van der Waals surface area contributed by atoms with E-state index < -0.39 is 5.97 Å². The highest BCUT2D eigenvalue weighted by molar-refractivity contribution is 8.18. The molecule has 180 valence electrons. The molecule has 2 heterocycles. The number of aliphatic hydroxyl groups is 1. The number of para-hydroxylation sites is 2. The number of fused-ring (bicyclic) bond motifs is 1. The first-order valence-electron chi connectivity index (χ1n) is 11.5. The number of nitrogens with zero attached hydrogens (tertiary/aromatic N) is 2. The topological polar surface area (TPSA) is 63.8 Å². The third kappa shape index (κ3) is 4.83. The lowest BCUT2D eigenvalue weighted by molar-refractivity contribution is -0.138. The zero-order chi connectivity index (χ0) is 25.1. The molecule has 0 aliphatic carbocycles. The molecule has 0 saturated carbocycles. The van der Waals surface area contributed by atoms with E-state index in [4.69, 9.17) is 4.74 Å². The van der Waals surface area contributed by atoms with Gasteiger partial charge in [0.05, 0.1) is 17.2 Å². The Balaban J connectivity index is 1.56. The van der Waals surface area contributed by atoms with E-state index in [0.29, 0.717) is 22.2 Å². The van der Waals surface area contributed by atoms with Crippen molar-refractivity contribution in [2.45, 2.75) is 13.5 Å². The highest BCUT2D eigenvalue weighted by Crippen LogP contribution is 2.41. The van der Waals surface area contributed by atoms with Crippen LogP contribution in [0.15, 0.2) is 106 Å². The van der Waals surface area contributed by atoms with Crippen molar-refractivity contribution >= 4 is 45.4 Å². The minimum Gasteiger partial charge on any atom is -0.506 e. The third-order valence-corrected chi connectivity index (χ3v) is 6.75. The number of hydrogen-bond acceptors (Lipinski definition) is 5. The summed E-state index contributed by atoms with van der Waals surface area (Å²) < 4.78 is 20.7. The van der Waals surface area contributed by atoms with Crippen molar-refractivity contribution in [3.8, 4) is 0 Å². The molecule has 0 unspecified atom stereocenters. The Morgan fingerprint density at radius 1 is 1.06 bits per heavy atom. The van der Waals surface area contributed by atoms with Crippen LogP contribution < -0.4 is 0 Å². The summed E-state index contributed by atoms with van der Waals surface area (Å²) in [7, 11) is 0. The number of esters is 1. The normalized spacial score (nSPS) is 15.8. The summed E-state index contributed by atoms with van der Waals surface area (Å²) >= 11 is 1.23. The number of ether oxygens (including phenoxy) is 1. The van der Waals surface area contributed by atoms with Crippen LogP contribution >= 0.6 is 11.8 Å². The largest absolute Gasteiger partial charge is 0.506 e. The summed E-state index contributed by atoms with van der Waals surface area (Å²) in [4.78, 5) is 17.8. The van der Waals surface area contributed by atoms with Gasteiger partial charge >= 0.3 is 5.97 Å². The number of carbonyl (C=O) groups is 1. The maximum absolute atomic E-state index is 13.4. The van der Waals surface area contributed by atoms with E-state index in [-0.39, 0.29) is 23.8 Å². The number of thioether (sulfide) groups is 1. The molecule has 5 rings (SSSR count). The van der Waals surface area contributed by atoms with Crippen molar-refractivity contribution in [2.75, 3.05) is 6.61 Å². The summed E-state index contributed by atoms with van der Waals surface area (Å²) in [6.07, 6.45) is 3.85. The molecule has 1 aromatic heterocycles. The van der Waals surface area contributed by atoms with E-state index >= 15 is 0 Å². The van der Waals surface area contributed by atoms with Gasteiger partial charge in [-0.25, -0.2) is 14.2 Å². The minimum absolute atomic E-state index is 0.0620. The van der Waals surface area contributed by atoms with E-state index in [2.05, 4.69) is 9.56 Å². The fourth-order valence-corrected chi connectivity index (χ4v) is 5.09. The molecular formula is C29H23FN2O3S. The number of hydrogen-bond donors (Lipinski definition) is 1.